The average Bonchev–Trinajstić information content (AvgIpc) is 2.83. The van der Waals surface area contributed by atoms with E-state index in [4.69, 9.17) is 4.74 Å². The summed E-state index contributed by atoms with van der Waals surface area (Å²) in [6.07, 6.45) is 0. The van der Waals surface area contributed by atoms with Crippen molar-refractivity contribution in [2.45, 2.75) is 20.8 Å². The van der Waals surface area contributed by atoms with Crippen molar-refractivity contribution in [2.24, 2.45) is 0 Å². The van der Waals surface area contributed by atoms with Gasteiger partial charge in [-0.15, -0.1) is 0 Å². The number of nitrogens with zero attached hydrogens (tertiary/aromatic N) is 1. The van der Waals surface area contributed by atoms with Gasteiger partial charge in [0.05, 0.1) is 12.8 Å². The van der Waals surface area contributed by atoms with Crippen molar-refractivity contribution < 1.29 is 4.74 Å². The molecule has 0 amide bonds. The van der Waals surface area contributed by atoms with Crippen LogP contribution in [0.3, 0.4) is 0 Å². The lowest BCUT2D eigenvalue weighted by Gasteiger charge is -2.14. The highest BCUT2D eigenvalue weighted by Gasteiger charge is 2.13. The van der Waals surface area contributed by atoms with E-state index >= 15 is 0 Å². The zero-order chi connectivity index (χ0) is 13.3. The van der Waals surface area contributed by atoms with Crippen molar-refractivity contribution in [3.63, 3.8) is 0 Å². The first-order chi connectivity index (χ1) is 8.58. The Morgan fingerprint density at radius 3 is 2.44 bits per heavy atom. The summed E-state index contributed by atoms with van der Waals surface area (Å²) in [6, 6.07) is 4.14. The predicted molar refractivity (Wildman–Crippen MR) is 74.3 cm³/mol. The van der Waals surface area contributed by atoms with Gasteiger partial charge in [-0.1, -0.05) is 0 Å². The smallest absolute Gasteiger partial charge is 0.148 e. The predicted octanol–water partition coefficient (Wildman–Crippen LogP) is 3.05. The Balaban J connectivity index is 2.58. The van der Waals surface area contributed by atoms with Gasteiger partial charge in [0.1, 0.15) is 11.6 Å². The average molecular weight is 245 g/mol. The van der Waals surface area contributed by atoms with Gasteiger partial charge in [0.25, 0.3) is 0 Å². The van der Waals surface area contributed by atoms with Gasteiger partial charge >= 0.3 is 0 Å². The molecule has 4 heteroatoms. The molecule has 2 N–H and O–H groups in total. The van der Waals surface area contributed by atoms with Gasteiger partial charge in [-0.25, -0.2) is 0 Å². The summed E-state index contributed by atoms with van der Waals surface area (Å²) >= 11 is 0. The standard InChI is InChI=1S/C14H19N3O/c1-8-6-11(9(2)10(3)14(8)18-5)12-7-13(15-4)17-16-12/h6-7H,1-5H3,(H2,15,16,17). The monoisotopic (exact) mass is 245 g/mol. The summed E-state index contributed by atoms with van der Waals surface area (Å²) in [6.45, 7) is 6.25. The molecular formula is C14H19N3O. The molecule has 0 radical (unpaired) electrons. The number of nitrogens with one attached hydrogen (secondary N) is 2. The molecule has 0 unspecified atom stereocenters. The van der Waals surface area contributed by atoms with Crippen LogP contribution >= 0.6 is 0 Å². The third-order valence-corrected chi connectivity index (χ3v) is 3.35. The first-order valence-electron chi connectivity index (χ1n) is 5.96. The second-order valence-corrected chi connectivity index (χ2v) is 4.44. The van der Waals surface area contributed by atoms with Crippen molar-refractivity contribution >= 4 is 5.82 Å². The highest BCUT2D eigenvalue weighted by molar-refractivity contribution is 5.70. The molecule has 0 bridgehead atoms. The maximum Gasteiger partial charge on any atom is 0.148 e. The van der Waals surface area contributed by atoms with Crippen LogP contribution in [0.15, 0.2) is 12.1 Å². The Morgan fingerprint density at radius 1 is 1.17 bits per heavy atom. The van der Waals surface area contributed by atoms with E-state index in [1.165, 1.54) is 16.7 Å². The molecule has 1 aromatic heterocycles. The summed E-state index contributed by atoms with van der Waals surface area (Å²) in [4.78, 5) is 0. The molecule has 0 spiro atoms. The molecule has 2 aromatic rings. The number of hydrogen-bond donors (Lipinski definition) is 2. The van der Waals surface area contributed by atoms with Gasteiger partial charge in [-0.3, -0.25) is 5.10 Å². The van der Waals surface area contributed by atoms with Crippen LogP contribution in [0.1, 0.15) is 16.7 Å². The summed E-state index contributed by atoms with van der Waals surface area (Å²) in [5.41, 5.74) is 5.71. The second kappa shape index (κ2) is 4.72. The van der Waals surface area contributed by atoms with Gasteiger partial charge < -0.3 is 10.1 Å². The molecule has 1 aromatic carbocycles. The fourth-order valence-electron chi connectivity index (χ4n) is 2.24. The number of benzene rings is 1. The highest BCUT2D eigenvalue weighted by Crippen LogP contribution is 2.33. The quantitative estimate of drug-likeness (QED) is 0.873. The van der Waals surface area contributed by atoms with E-state index in [2.05, 4.69) is 42.4 Å². The maximum atomic E-state index is 5.44. The molecule has 0 saturated heterocycles. The molecule has 0 fully saturated rings. The minimum Gasteiger partial charge on any atom is -0.496 e. The van der Waals surface area contributed by atoms with Crippen molar-refractivity contribution in [2.75, 3.05) is 19.5 Å². The summed E-state index contributed by atoms with van der Waals surface area (Å²) in [5.74, 6) is 1.81. The third-order valence-electron chi connectivity index (χ3n) is 3.35. The highest BCUT2D eigenvalue weighted by atomic mass is 16.5. The number of rotatable bonds is 3. The van der Waals surface area contributed by atoms with E-state index in [9.17, 15) is 0 Å². The minimum absolute atomic E-state index is 0.843. The van der Waals surface area contributed by atoms with E-state index in [1.807, 2.05) is 13.1 Å². The molecule has 2 rings (SSSR count). The van der Waals surface area contributed by atoms with Gasteiger partial charge in [-0.05, 0) is 43.5 Å². The van der Waals surface area contributed by atoms with Crippen LogP contribution in [0.4, 0.5) is 5.82 Å². The van der Waals surface area contributed by atoms with Gasteiger partial charge in [0, 0.05) is 18.7 Å². The normalized spacial score (nSPS) is 10.5. The number of ether oxygens (including phenoxy) is 1. The van der Waals surface area contributed by atoms with Crippen molar-refractivity contribution in [3.8, 4) is 17.0 Å². The number of aryl methyl sites for hydroxylation is 1. The van der Waals surface area contributed by atoms with Crippen LogP contribution in [0, 0.1) is 20.8 Å². The van der Waals surface area contributed by atoms with E-state index in [0.29, 0.717) is 0 Å². The van der Waals surface area contributed by atoms with Crippen LogP contribution in [0.2, 0.25) is 0 Å². The zero-order valence-electron chi connectivity index (χ0n) is 11.5. The van der Waals surface area contributed by atoms with Crippen molar-refractivity contribution in [1.82, 2.24) is 10.2 Å². The molecule has 4 nitrogen and oxygen atoms in total. The van der Waals surface area contributed by atoms with E-state index < -0.39 is 0 Å². The number of methoxy groups -OCH3 is 1. The van der Waals surface area contributed by atoms with Crippen LogP contribution in [-0.4, -0.2) is 24.4 Å². The minimum atomic E-state index is 0.843. The van der Waals surface area contributed by atoms with Crippen molar-refractivity contribution in [1.29, 1.82) is 0 Å². The summed E-state index contributed by atoms with van der Waals surface area (Å²) in [5, 5.41) is 10.3. The van der Waals surface area contributed by atoms with E-state index in [1.54, 1.807) is 7.11 Å². The van der Waals surface area contributed by atoms with Crippen LogP contribution in [0.25, 0.3) is 11.3 Å². The molecule has 0 aliphatic rings. The first-order valence-corrected chi connectivity index (χ1v) is 5.96. The number of H-pyrrole nitrogens is 1. The first kappa shape index (κ1) is 12.5. The number of hydrogen-bond acceptors (Lipinski definition) is 3. The van der Waals surface area contributed by atoms with Crippen LogP contribution in [-0.2, 0) is 0 Å². The maximum absolute atomic E-state index is 5.44. The van der Waals surface area contributed by atoms with E-state index in [-0.39, 0.29) is 0 Å². The molecular weight excluding hydrogens is 226 g/mol. The second-order valence-electron chi connectivity index (χ2n) is 4.44. The Bertz CT molecular complexity index is 573. The zero-order valence-corrected chi connectivity index (χ0v) is 11.5. The molecule has 0 aliphatic heterocycles. The molecule has 0 aliphatic carbocycles. The van der Waals surface area contributed by atoms with Gasteiger partial charge in [0.2, 0.25) is 0 Å². The fraction of sp³-hybridized carbons (Fsp3) is 0.357. The fourth-order valence-corrected chi connectivity index (χ4v) is 2.24. The number of aromatic amines is 1. The summed E-state index contributed by atoms with van der Waals surface area (Å²) < 4.78 is 5.44. The van der Waals surface area contributed by atoms with Crippen molar-refractivity contribution in [3.05, 3.63) is 28.8 Å². The molecule has 96 valence electrons. The molecule has 0 atom stereocenters. The SMILES string of the molecule is CNc1cc(-c2cc(C)c(OC)c(C)c2C)[nH]n1. The molecule has 0 saturated carbocycles. The van der Waals surface area contributed by atoms with Crippen LogP contribution < -0.4 is 10.1 Å². The Labute approximate surface area is 107 Å². The third kappa shape index (κ3) is 1.94. The van der Waals surface area contributed by atoms with Crippen LogP contribution in [0.5, 0.6) is 5.75 Å². The Kier molecular flexibility index (Phi) is 3.28. The molecule has 1 heterocycles. The number of anilines is 1. The van der Waals surface area contributed by atoms with E-state index in [0.717, 1.165) is 22.8 Å². The van der Waals surface area contributed by atoms with Gasteiger partial charge in [0.15, 0.2) is 0 Å². The topological polar surface area (TPSA) is 49.9 Å². The summed E-state index contributed by atoms with van der Waals surface area (Å²) in [7, 11) is 3.57. The Morgan fingerprint density at radius 2 is 1.89 bits per heavy atom. The lowest BCUT2D eigenvalue weighted by Crippen LogP contribution is -1.96. The molecule has 18 heavy (non-hydrogen) atoms. The number of aromatic nitrogens is 2. The largest absolute Gasteiger partial charge is 0.496 e. The van der Waals surface area contributed by atoms with Gasteiger partial charge in [-0.2, -0.15) is 5.10 Å². The lowest BCUT2D eigenvalue weighted by molar-refractivity contribution is 0.408. The lowest BCUT2D eigenvalue weighted by atomic mass is 9.96. The Hall–Kier alpha value is -1.97.